The number of amides is 1. The third kappa shape index (κ3) is 3.44. The van der Waals surface area contributed by atoms with Crippen molar-refractivity contribution in [3.8, 4) is 0 Å². The maximum absolute atomic E-state index is 11.4. The summed E-state index contributed by atoms with van der Waals surface area (Å²) in [6.45, 7) is 3.69. The van der Waals surface area contributed by atoms with Crippen molar-refractivity contribution < 1.29 is 4.79 Å². The first-order valence-electron chi connectivity index (χ1n) is 6.61. The van der Waals surface area contributed by atoms with Crippen LogP contribution in [0.25, 0.3) is 0 Å². The van der Waals surface area contributed by atoms with Gasteiger partial charge >= 0.3 is 0 Å². The van der Waals surface area contributed by atoms with E-state index in [1.165, 1.54) is 5.56 Å². The van der Waals surface area contributed by atoms with E-state index in [0.717, 1.165) is 17.5 Å². The molecule has 2 aromatic rings. The van der Waals surface area contributed by atoms with Crippen molar-refractivity contribution in [2.45, 2.75) is 26.3 Å². The van der Waals surface area contributed by atoms with Crippen molar-refractivity contribution in [1.29, 1.82) is 0 Å². The van der Waals surface area contributed by atoms with Gasteiger partial charge in [-0.25, -0.2) is 0 Å². The van der Waals surface area contributed by atoms with Crippen LogP contribution in [0.5, 0.6) is 0 Å². The number of rotatable bonds is 4. The largest absolute Gasteiger partial charge is 0.345 e. The molecule has 98 valence electrons. The molecule has 0 saturated carbocycles. The highest BCUT2D eigenvalue weighted by molar-refractivity contribution is 5.74. The van der Waals surface area contributed by atoms with E-state index in [2.05, 4.69) is 36.5 Å². The van der Waals surface area contributed by atoms with E-state index in [1.807, 2.05) is 30.3 Å². The minimum atomic E-state index is -0.0791. The fourth-order valence-corrected chi connectivity index (χ4v) is 2.15. The zero-order valence-electron chi connectivity index (χ0n) is 11.4. The van der Waals surface area contributed by atoms with E-state index >= 15 is 0 Å². The van der Waals surface area contributed by atoms with Crippen LogP contribution in [0.15, 0.2) is 54.6 Å². The van der Waals surface area contributed by atoms with E-state index in [-0.39, 0.29) is 11.9 Å². The molecule has 0 heterocycles. The Balaban J connectivity index is 2.34. The third-order valence-corrected chi connectivity index (χ3v) is 3.20. The summed E-state index contributed by atoms with van der Waals surface area (Å²) in [6, 6.07) is 18.4. The maximum Gasteiger partial charge on any atom is 0.217 e. The molecule has 2 aromatic carbocycles. The van der Waals surface area contributed by atoms with E-state index in [9.17, 15) is 4.79 Å². The Morgan fingerprint density at radius 3 is 2.11 bits per heavy atom. The number of hydrogen-bond donors (Lipinski definition) is 1. The van der Waals surface area contributed by atoms with Crippen LogP contribution in [0.1, 0.15) is 36.6 Å². The molecule has 0 aromatic heterocycles. The smallest absolute Gasteiger partial charge is 0.217 e. The molecule has 2 heteroatoms. The molecule has 1 amide bonds. The molecule has 1 N–H and O–H groups in total. The van der Waals surface area contributed by atoms with Gasteiger partial charge in [0.25, 0.3) is 0 Å². The van der Waals surface area contributed by atoms with Gasteiger partial charge in [0.1, 0.15) is 0 Å². The molecular formula is C17H19NO. The lowest BCUT2D eigenvalue weighted by atomic mass is 9.97. The molecule has 19 heavy (non-hydrogen) atoms. The molecule has 0 spiro atoms. The van der Waals surface area contributed by atoms with Crippen LogP contribution in [0.3, 0.4) is 0 Å². The number of nitrogens with one attached hydrogen (secondary N) is 1. The van der Waals surface area contributed by atoms with Gasteiger partial charge in [0, 0.05) is 6.92 Å². The minimum Gasteiger partial charge on any atom is -0.345 e. The summed E-state index contributed by atoms with van der Waals surface area (Å²) in [7, 11) is 0. The summed E-state index contributed by atoms with van der Waals surface area (Å²) >= 11 is 0. The maximum atomic E-state index is 11.4. The van der Waals surface area contributed by atoms with Gasteiger partial charge in [-0.2, -0.15) is 0 Å². The lowest BCUT2D eigenvalue weighted by molar-refractivity contribution is -0.119. The van der Waals surface area contributed by atoms with Gasteiger partial charge in [0.05, 0.1) is 6.04 Å². The zero-order valence-corrected chi connectivity index (χ0v) is 11.4. The zero-order chi connectivity index (χ0) is 13.7. The number of carbonyl (C=O) groups is 1. The molecular weight excluding hydrogens is 234 g/mol. The van der Waals surface area contributed by atoms with Crippen LogP contribution >= 0.6 is 0 Å². The Morgan fingerprint density at radius 2 is 1.58 bits per heavy atom. The van der Waals surface area contributed by atoms with Crippen molar-refractivity contribution in [3.63, 3.8) is 0 Å². The average molecular weight is 253 g/mol. The number of hydrogen-bond acceptors (Lipinski definition) is 1. The minimum absolute atomic E-state index is 0.0200. The normalized spacial score (nSPS) is 11.9. The fourth-order valence-electron chi connectivity index (χ4n) is 2.15. The van der Waals surface area contributed by atoms with Crippen molar-refractivity contribution >= 4 is 5.91 Å². The van der Waals surface area contributed by atoms with Gasteiger partial charge in [-0.15, -0.1) is 0 Å². The first-order valence-corrected chi connectivity index (χ1v) is 6.61. The van der Waals surface area contributed by atoms with Crippen molar-refractivity contribution in [3.05, 3.63) is 71.3 Å². The monoisotopic (exact) mass is 253 g/mol. The summed E-state index contributed by atoms with van der Waals surface area (Å²) in [5, 5.41) is 3.01. The van der Waals surface area contributed by atoms with Gasteiger partial charge in [0.15, 0.2) is 0 Å². The molecule has 0 aliphatic heterocycles. The number of carbonyl (C=O) groups excluding carboxylic acids is 1. The molecule has 0 bridgehead atoms. The van der Waals surface area contributed by atoms with Gasteiger partial charge < -0.3 is 5.32 Å². The lowest BCUT2D eigenvalue weighted by Gasteiger charge is -2.19. The highest BCUT2D eigenvalue weighted by Gasteiger charge is 2.14. The summed E-state index contributed by atoms with van der Waals surface area (Å²) < 4.78 is 0. The predicted molar refractivity (Wildman–Crippen MR) is 77.9 cm³/mol. The average Bonchev–Trinajstić information content (AvgIpc) is 2.46. The Bertz CT molecular complexity index is 531. The Hall–Kier alpha value is -2.09. The molecule has 0 aliphatic rings. The molecule has 0 radical (unpaired) electrons. The number of benzene rings is 2. The molecule has 0 aliphatic carbocycles. The molecule has 1 atom stereocenters. The molecule has 0 fully saturated rings. The second-order valence-corrected chi connectivity index (χ2v) is 4.64. The van der Waals surface area contributed by atoms with Crippen LogP contribution in [-0.2, 0) is 11.2 Å². The van der Waals surface area contributed by atoms with E-state index < -0.39 is 0 Å². The van der Waals surface area contributed by atoms with Gasteiger partial charge in [0.2, 0.25) is 5.91 Å². The second kappa shape index (κ2) is 6.19. The van der Waals surface area contributed by atoms with Gasteiger partial charge in [-0.05, 0) is 23.1 Å². The lowest BCUT2D eigenvalue weighted by Crippen LogP contribution is -2.26. The quantitative estimate of drug-likeness (QED) is 0.888. The van der Waals surface area contributed by atoms with Crippen molar-refractivity contribution in [2.24, 2.45) is 0 Å². The standard InChI is InChI=1S/C17H19NO/c1-3-14-9-11-16(12-10-14)17(18-13(2)19)15-7-5-4-6-8-15/h4-12,17H,3H2,1-2H3,(H,18,19). The molecule has 2 rings (SSSR count). The highest BCUT2D eigenvalue weighted by Crippen LogP contribution is 2.22. The van der Waals surface area contributed by atoms with Crippen LogP contribution < -0.4 is 5.32 Å². The summed E-state index contributed by atoms with van der Waals surface area (Å²) in [4.78, 5) is 11.4. The molecule has 0 saturated heterocycles. The fraction of sp³-hybridized carbons (Fsp3) is 0.235. The van der Waals surface area contributed by atoms with E-state index in [1.54, 1.807) is 6.92 Å². The van der Waals surface area contributed by atoms with E-state index in [4.69, 9.17) is 0 Å². The summed E-state index contributed by atoms with van der Waals surface area (Å²) in [5.74, 6) is -0.0200. The summed E-state index contributed by atoms with van der Waals surface area (Å²) in [6.07, 6.45) is 1.02. The van der Waals surface area contributed by atoms with E-state index in [0.29, 0.717) is 0 Å². The third-order valence-electron chi connectivity index (χ3n) is 3.20. The van der Waals surface area contributed by atoms with Gasteiger partial charge in [-0.3, -0.25) is 4.79 Å². The summed E-state index contributed by atoms with van der Waals surface area (Å²) in [5.41, 5.74) is 3.51. The van der Waals surface area contributed by atoms with Gasteiger partial charge in [-0.1, -0.05) is 61.5 Å². The van der Waals surface area contributed by atoms with Crippen LogP contribution in [0.2, 0.25) is 0 Å². The van der Waals surface area contributed by atoms with Crippen LogP contribution in [-0.4, -0.2) is 5.91 Å². The Morgan fingerprint density at radius 1 is 1.00 bits per heavy atom. The molecule has 2 nitrogen and oxygen atoms in total. The first kappa shape index (κ1) is 13.3. The second-order valence-electron chi connectivity index (χ2n) is 4.64. The highest BCUT2D eigenvalue weighted by atomic mass is 16.1. The first-order chi connectivity index (χ1) is 9.20. The van der Waals surface area contributed by atoms with Crippen LogP contribution in [0, 0.1) is 0 Å². The van der Waals surface area contributed by atoms with Crippen molar-refractivity contribution in [1.82, 2.24) is 5.32 Å². The SMILES string of the molecule is CCc1ccc(C(NC(C)=O)c2ccccc2)cc1. The van der Waals surface area contributed by atoms with Crippen LogP contribution in [0.4, 0.5) is 0 Å². The topological polar surface area (TPSA) is 29.1 Å². The predicted octanol–water partition coefficient (Wildman–Crippen LogP) is 3.47. The molecule has 1 unspecified atom stereocenters. The Labute approximate surface area is 114 Å². The number of aryl methyl sites for hydroxylation is 1. The van der Waals surface area contributed by atoms with Crippen molar-refractivity contribution in [2.75, 3.05) is 0 Å². The Kier molecular flexibility index (Phi) is 4.35.